The van der Waals surface area contributed by atoms with E-state index in [1.165, 1.54) is 0 Å². The van der Waals surface area contributed by atoms with Crippen molar-refractivity contribution in [1.82, 2.24) is 16.0 Å². The number of amides is 3. The van der Waals surface area contributed by atoms with Gasteiger partial charge in [-0.05, 0) is 0 Å². The van der Waals surface area contributed by atoms with Crippen molar-refractivity contribution in [3.8, 4) is 0 Å². The van der Waals surface area contributed by atoms with Gasteiger partial charge in [0.25, 0.3) is 0 Å². The number of carbonyl (C=O) groups is 3. The Morgan fingerprint density at radius 3 is 2.69 bits per heavy atom. The van der Waals surface area contributed by atoms with Crippen LogP contribution >= 0.6 is 0 Å². The van der Waals surface area contributed by atoms with Gasteiger partial charge in [-0.1, -0.05) is 0 Å². The molecule has 0 aromatic rings. The molecular weight excluding hydrogens is 218 g/mol. The molecule has 16 heavy (non-hydrogen) atoms. The van der Waals surface area contributed by atoms with Crippen LogP contribution in [0.15, 0.2) is 0 Å². The van der Waals surface area contributed by atoms with Crippen molar-refractivity contribution in [1.29, 1.82) is 0 Å². The number of aliphatic carboxylic acids is 1. The molecule has 0 aromatic carbocycles. The van der Waals surface area contributed by atoms with Gasteiger partial charge in [0, 0.05) is 13.0 Å². The standard InChI is InChI=1S/C8H13N3O5/c12-3-5(7(14)15)11-8(16)10-4-1-6(13)9-2-4/h4-5,12H,1-3H2,(H,9,13)(H,14,15)(H2,10,11,16). The zero-order chi connectivity index (χ0) is 12.1. The molecule has 0 aliphatic carbocycles. The van der Waals surface area contributed by atoms with Crippen LogP contribution < -0.4 is 16.0 Å². The second-order valence-corrected chi connectivity index (χ2v) is 3.40. The molecule has 0 spiro atoms. The quantitative estimate of drug-likeness (QED) is 0.369. The average Bonchev–Trinajstić information content (AvgIpc) is 2.60. The third-order valence-corrected chi connectivity index (χ3v) is 2.10. The number of aliphatic hydroxyl groups is 1. The molecule has 0 radical (unpaired) electrons. The van der Waals surface area contributed by atoms with E-state index in [1.54, 1.807) is 0 Å². The molecule has 2 atom stereocenters. The molecule has 1 aliphatic heterocycles. The van der Waals surface area contributed by atoms with Gasteiger partial charge in [0.2, 0.25) is 5.91 Å². The van der Waals surface area contributed by atoms with Crippen molar-refractivity contribution in [2.24, 2.45) is 0 Å². The summed E-state index contributed by atoms with van der Waals surface area (Å²) < 4.78 is 0. The highest BCUT2D eigenvalue weighted by atomic mass is 16.4. The Morgan fingerprint density at radius 2 is 2.25 bits per heavy atom. The Hall–Kier alpha value is -1.83. The van der Waals surface area contributed by atoms with Crippen LogP contribution in [0, 0.1) is 0 Å². The van der Waals surface area contributed by atoms with Crippen LogP contribution in [0.4, 0.5) is 4.79 Å². The normalized spacial score (nSPS) is 21.1. The third kappa shape index (κ3) is 3.39. The van der Waals surface area contributed by atoms with E-state index in [4.69, 9.17) is 10.2 Å². The zero-order valence-electron chi connectivity index (χ0n) is 8.40. The Bertz CT molecular complexity index is 306. The second-order valence-electron chi connectivity index (χ2n) is 3.40. The van der Waals surface area contributed by atoms with Crippen molar-refractivity contribution in [2.75, 3.05) is 13.2 Å². The first-order valence-corrected chi connectivity index (χ1v) is 4.70. The number of urea groups is 1. The van der Waals surface area contributed by atoms with Gasteiger partial charge in [0.1, 0.15) is 0 Å². The van der Waals surface area contributed by atoms with E-state index in [0.717, 1.165) is 0 Å². The molecule has 0 saturated carbocycles. The van der Waals surface area contributed by atoms with E-state index >= 15 is 0 Å². The Morgan fingerprint density at radius 1 is 1.56 bits per heavy atom. The highest BCUT2D eigenvalue weighted by molar-refractivity contribution is 5.84. The zero-order valence-corrected chi connectivity index (χ0v) is 8.40. The van der Waals surface area contributed by atoms with E-state index in [2.05, 4.69) is 16.0 Å². The first-order valence-electron chi connectivity index (χ1n) is 4.70. The van der Waals surface area contributed by atoms with Gasteiger partial charge < -0.3 is 26.2 Å². The summed E-state index contributed by atoms with van der Waals surface area (Å²) in [6.45, 7) is -0.367. The first kappa shape index (κ1) is 12.2. The fourth-order valence-corrected chi connectivity index (χ4v) is 1.28. The lowest BCUT2D eigenvalue weighted by molar-refractivity contribution is -0.140. The lowest BCUT2D eigenvalue weighted by Crippen LogP contribution is -2.50. The number of carbonyl (C=O) groups excluding carboxylic acids is 2. The number of rotatable bonds is 4. The lowest BCUT2D eigenvalue weighted by atomic mass is 10.2. The molecule has 1 heterocycles. The van der Waals surface area contributed by atoms with Gasteiger partial charge >= 0.3 is 12.0 Å². The van der Waals surface area contributed by atoms with Crippen molar-refractivity contribution >= 4 is 17.9 Å². The van der Waals surface area contributed by atoms with Crippen LogP contribution in [0.1, 0.15) is 6.42 Å². The summed E-state index contributed by atoms with van der Waals surface area (Å²) in [4.78, 5) is 32.5. The maximum atomic E-state index is 11.2. The SMILES string of the molecule is O=C1CC(NC(=O)NC(CO)C(=O)O)CN1. The summed E-state index contributed by atoms with van der Waals surface area (Å²) in [5.74, 6) is -1.49. The van der Waals surface area contributed by atoms with Crippen molar-refractivity contribution in [3.63, 3.8) is 0 Å². The minimum atomic E-state index is -1.34. The molecule has 1 saturated heterocycles. The number of hydrogen-bond donors (Lipinski definition) is 5. The van der Waals surface area contributed by atoms with Crippen LogP contribution in [0.3, 0.4) is 0 Å². The van der Waals surface area contributed by atoms with Gasteiger partial charge in [-0.3, -0.25) is 4.79 Å². The third-order valence-electron chi connectivity index (χ3n) is 2.10. The predicted molar refractivity (Wildman–Crippen MR) is 51.6 cm³/mol. The molecule has 0 bridgehead atoms. The van der Waals surface area contributed by atoms with Crippen LogP contribution in [-0.2, 0) is 9.59 Å². The van der Waals surface area contributed by atoms with Gasteiger partial charge in [-0.15, -0.1) is 0 Å². The molecule has 1 rings (SSSR count). The highest BCUT2D eigenvalue weighted by Gasteiger charge is 2.25. The number of aliphatic hydroxyl groups excluding tert-OH is 1. The summed E-state index contributed by atoms with van der Waals surface area (Å²) in [5.41, 5.74) is 0. The Labute approximate surface area is 91.0 Å². The first-order chi connectivity index (χ1) is 7.52. The van der Waals surface area contributed by atoms with Crippen molar-refractivity contribution in [2.45, 2.75) is 18.5 Å². The van der Waals surface area contributed by atoms with Crippen LogP contribution in [0.2, 0.25) is 0 Å². The smallest absolute Gasteiger partial charge is 0.328 e. The molecule has 0 aromatic heterocycles. The summed E-state index contributed by atoms with van der Waals surface area (Å²) in [6.07, 6.45) is 0.171. The average molecular weight is 231 g/mol. The van der Waals surface area contributed by atoms with Gasteiger partial charge in [0.05, 0.1) is 12.6 Å². The Balaban J connectivity index is 2.35. The van der Waals surface area contributed by atoms with Crippen LogP contribution in [0.5, 0.6) is 0 Å². The number of nitrogens with one attached hydrogen (secondary N) is 3. The van der Waals surface area contributed by atoms with Crippen molar-refractivity contribution in [3.05, 3.63) is 0 Å². The molecule has 2 unspecified atom stereocenters. The summed E-state index contributed by atoms with van der Waals surface area (Å²) in [5, 5.41) is 24.2. The molecule has 5 N–H and O–H groups in total. The van der Waals surface area contributed by atoms with E-state index in [1.807, 2.05) is 0 Å². The highest BCUT2D eigenvalue weighted by Crippen LogP contribution is 1.98. The van der Waals surface area contributed by atoms with E-state index in [0.29, 0.717) is 6.54 Å². The van der Waals surface area contributed by atoms with Gasteiger partial charge in [0.15, 0.2) is 6.04 Å². The molecule has 90 valence electrons. The number of hydrogen-bond acceptors (Lipinski definition) is 4. The van der Waals surface area contributed by atoms with Gasteiger partial charge in [-0.25, -0.2) is 9.59 Å². The minimum absolute atomic E-state index is 0.165. The lowest BCUT2D eigenvalue weighted by Gasteiger charge is -2.15. The summed E-state index contributed by atoms with van der Waals surface area (Å²) in [7, 11) is 0. The topological polar surface area (TPSA) is 128 Å². The minimum Gasteiger partial charge on any atom is -0.480 e. The van der Waals surface area contributed by atoms with Crippen LogP contribution in [-0.4, -0.2) is 53.4 Å². The maximum absolute atomic E-state index is 11.2. The van der Waals surface area contributed by atoms with E-state index < -0.39 is 24.6 Å². The molecule has 8 heteroatoms. The molecule has 1 fully saturated rings. The van der Waals surface area contributed by atoms with Crippen LogP contribution in [0.25, 0.3) is 0 Å². The van der Waals surface area contributed by atoms with E-state index in [9.17, 15) is 14.4 Å². The fraction of sp³-hybridized carbons (Fsp3) is 0.625. The Kier molecular flexibility index (Phi) is 4.06. The molecule has 8 nitrogen and oxygen atoms in total. The predicted octanol–water partition coefficient (Wildman–Crippen LogP) is -2.38. The van der Waals surface area contributed by atoms with E-state index in [-0.39, 0.29) is 18.4 Å². The molecule has 1 aliphatic rings. The van der Waals surface area contributed by atoms with Gasteiger partial charge in [-0.2, -0.15) is 0 Å². The van der Waals surface area contributed by atoms with Crippen molar-refractivity contribution < 1.29 is 24.6 Å². The monoisotopic (exact) mass is 231 g/mol. The molecular formula is C8H13N3O5. The second kappa shape index (κ2) is 5.31. The largest absolute Gasteiger partial charge is 0.480 e. The fourth-order valence-electron chi connectivity index (χ4n) is 1.28. The number of carboxylic acids is 1. The maximum Gasteiger partial charge on any atom is 0.328 e. The summed E-state index contributed by atoms with van der Waals surface area (Å²) >= 11 is 0. The summed E-state index contributed by atoms with van der Waals surface area (Å²) in [6, 6.07) is -2.41. The number of carboxylic acid groups (broad SMARTS) is 1. The molecule has 3 amide bonds.